The van der Waals surface area contributed by atoms with Gasteiger partial charge in [0.1, 0.15) is 12.7 Å². The molecule has 0 unspecified atom stereocenters. The standard InChI is InChI=1S/C10H18N6O5S/c11-22(19,20)13-1-2-15-9(12-7-10(15)16(17)18)8-14-3-5-21-6-4-14/h7,13H,1-6,8H2,(H2,11,19,20). The first-order chi connectivity index (χ1) is 10.4. The molecule has 22 heavy (non-hydrogen) atoms. The van der Waals surface area contributed by atoms with Crippen molar-refractivity contribution in [1.82, 2.24) is 19.2 Å². The SMILES string of the molecule is NS(=O)(=O)NCCn1c([N+](=O)[O-])cnc1CN1CCOCC1. The smallest absolute Gasteiger partial charge is 0.342 e. The molecular weight excluding hydrogens is 316 g/mol. The first-order valence-electron chi connectivity index (χ1n) is 6.63. The summed E-state index contributed by atoms with van der Waals surface area (Å²) in [6, 6.07) is 0. The zero-order valence-corrected chi connectivity index (χ0v) is 12.7. The van der Waals surface area contributed by atoms with Crippen LogP contribution in [0.5, 0.6) is 0 Å². The van der Waals surface area contributed by atoms with Gasteiger partial charge in [-0.15, -0.1) is 0 Å². The minimum absolute atomic E-state index is 0.0495. The third-order valence-corrected chi connectivity index (χ3v) is 3.82. The number of hydrogen-bond donors (Lipinski definition) is 2. The van der Waals surface area contributed by atoms with Crippen LogP contribution in [0.3, 0.4) is 0 Å². The van der Waals surface area contributed by atoms with Crippen molar-refractivity contribution in [2.75, 3.05) is 32.8 Å². The van der Waals surface area contributed by atoms with Crippen molar-refractivity contribution in [3.05, 3.63) is 22.1 Å². The molecule has 1 saturated heterocycles. The molecule has 0 saturated carbocycles. The van der Waals surface area contributed by atoms with Crippen LogP contribution in [0.4, 0.5) is 5.82 Å². The van der Waals surface area contributed by atoms with E-state index in [1.807, 2.05) is 0 Å². The highest BCUT2D eigenvalue weighted by Gasteiger charge is 2.23. The zero-order valence-electron chi connectivity index (χ0n) is 11.8. The van der Waals surface area contributed by atoms with Crippen LogP contribution in [-0.2, 0) is 28.0 Å². The van der Waals surface area contributed by atoms with E-state index in [4.69, 9.17) is 9.88 Å². The predicted molar refractivity (Wildman–Crippen MR) is 76.1 cm³/mol. The summed E-state index contributed by atoms with van der Waals surface area (Å²) in [4.78, 5) is 16.6. The van der Waals surface area contributed by atoms with E-state index in [1.165, 1.54) is 10.8 Å². The van der Waals surface area contributed by atoms with Crippen molar-refractivity contribution in [2.24, 2.45) is 5.14 Å². The van der Waals surface area contributed by atoms with Crippen LogP contribution < -0.4 is 9.86 Å². The lowest BCUT2D eigenvalue weighted by molar-refractivity contribution is -0.392. The van der Waals surface area contributed by atoms with Crippen molar-refractivity contribution < 1.29 is 18.1 Å². The van der Waals surface area contributed by atoms with E-state index in [0.29, 0.717) is 25.6 Å². The summed E-state index contributed by atoms with van der Waals surface area (Å²) in [6.45, 7) is 3.11. The second kappa shape index (κ2) is 7.11. The van der Waals surface area contributed by atoms with Gasteiger partial charge in [-0.3, -0.25) is 4.90 Å². The van der Waals surface area contributed by atoms with E-state index >= 15 is 0 Å². The lowest BCUT2D eigenvalue weighted by atomic mass is 10.4. The molecule has 2 rings (SSSR count). The first-order valence-corrected chi connectivity index (χ1v) is 8.18. The molecule has 0 aliphatic carbocycles. The molecule has 11 nitrogen and oxygen atoms in total. The molecule has 3 N–H and O–H groups in total. The highest BCUT2D eigenvalue weighted by atomic mass is 32.2. The third-order valence-electron chi connectivity index (χ3n) is 3.21. The van der Waals surface area contributed by atoms with E-state index in [2.05, 4.69) is 14.6 Å². The number of rotatable bonds is 7. The quantitative estimate of drug-likeness (QED) is 0.452. The Morgan fingerprint density at radius 3 is 2.73 bits per heavy atom. The van der Waals surface area contributed by atoms with Crippen LogP contribution in [0.2, 0.25) is 0 Å². The number of hydrogen-bond acceptors (Lipinski definition) is 7. The molecule has 0 amide bonds. The van der Waals surface area contributed by atoms with Gasteiger partial charge in [-0.2, -0.15) is 13.1 Å². The Labute approximate surface area is 127 Å². The molecule has 0 spiro atoms. The first kappa shape index (κ1) is 16.8. The number of nitrogens with one attached hydrogen (secondary N) is 1. The van der Waals surface area contributed by atoms with E-state index in [0.717, 1.165) is 13.1 Å². The van der Waals surface area contributed by atoms with Crippen molar-refractivity contribution in [2.45, 2.75) is 13.1 Å². The summed E-state index contributed by atoms with van der Waals surface area (Å²) in [5.74, 6) is 0.323. The van der Waals surface area contributed by atoms with E-state index in [-0.39, 0.29) is 18.9 Å². The summed E-state index contributed by atoms with van der Waals surface area (Å²) < 4.78 is 30.5. The van der Waals surface area contributed by atoms with Crippen LogP contribution in [0, 0.1) is 10.1 Å². The van der Waals surface area contributed by atoms with Crippen molar-refractivity contribution in [3.63, 3.8) is 0 Å². The Hall–Kier alpha value is -1.60. The molecule has 1 aliphatic rings. The molecule has 1 aliphatic heterocycles. The molecule has 124 valence electrons. The Kier molecular flexibility index (Phi) is 5.42. The van der Waals surface area contributed by atoms with Gasteiger partial charge in [0.25, 0.3) is 10.2 Å². The summed E-state index contributed by atoms with van der Waals surface area (Å²) in [6.07, 6.45) is 1.17. The highest BCUT2D eigenvalue weighted by Crippen LogP contribution is 2.16. The largest absolute Gasteiger partial charge is 0.379 e. The number of imidazole rings is 1. The molecule has 0 radical (unpaired) electrons. The average Bonchev–Trinajstić information content (AvgIpc) is 2.82. The lowest BCUT2D eigenvalue weighted by Crippen LogP contribution is -2.37. The van der Waals surface area contributed by atoms with Crippen molar-refractivity contribution in [3.8, 4) is 0 Å². The molecule has 0 aromatic carbocycles. The Bertz CT molecular complexity index is 624. The Morgan fingerprint density at radius 1 is 1.45 bits per heavy atom. The van der Waals surface area contributed by atoms with E-state index in [9.17, 15) is 18.5 Å². The monoisotopic (exact) mass is 334 g/mol. The second-order valence-electron chi connectivity index (χ2n) is 4.77. The van der Waals surface area contributed by atoms with Crippen LogP contribution in [-0.4, -0.2) is 60.6 Å². The fraction of sp³-hybridized carbons (Fsp3) is 0.700. The molecule has 1 aromatic rings. The fourth-order valence-electron chi connectivity index (χ4n) is 2.18. The second-order valence-corrected chi connectivity index (χ2v) is 6.15. The topological polar surface area (TPSA) is 146 Å². The molecule has 2 heterocycles. The Balaban J connectivity index is 2.09. The number of aromatic nitrogens is 2. The maximum Gasteiger partial charge on any atom is 0.342 e. The summed E-state index contributed by atoms with van der Waals surface area (Å²) >= 11 is 0. The van der Waals surface area contributed by atoms with Gasteiger partial charge in [0, 0.05) is 19.6 Å². The third kappa shape index (κ3) is 4.71. The minimum Gasteiger partial charge on any atom is -0.379 e. The Morgan fingerprint density at radius 2 is 2.14 bits per heavy atom. The van der Waals surface area contributed by atoms with Gasteiger partial charge >= 0.3 is 5.82 Å². The number of morpholine rings is 1. The van der Waals surface area contributed by atoms with Gasteiger partial charge in [-0.25, -0.2) is 14.7 Å². The lowest BCUT2D eigenvalue weighted by Gasteiger charge is -2.25. The normalized spacial score (nSPS) is 16.8. The van der Waals surface area contributed by atoms with Crippen LogP contribution in [0.25, 0.3) is 0 Å². The van der Waals surface area contributed by atoms with Gasteiger partial charge in [0.15, 0.2) is 0 Å². The van der Waals surface area contributed by atoms with Gasteiger partial charge in [-0.1, -0.05) is 0 Å². The number of ether oxygens (including phenoxy) is 1. The maximum absolute atomic E-state index is 11.0. The van der Waals surface area contributed by atoms with Gasteiger partial charge in [0.05, 0.1) is 19.8 Å². The molecule has 1 fully saturated rings. The molecule has 0 atom stereocenters. The van der Waals surface area contributed by atoms with Crippen LogP contribution in [0.1, 0.15) is 5.82 Å². The average molecular weight is 334 g/mol. The van der Waals surface area contributed by atoms with Gasteiger partial charge < -0.3 is 14.9 Å². The van der Waals surface area contributed by atoms with Crippen LogP contribution in [0.15, 0.2) is 6.20 Å². The number of nitrogens with zero attached hydrogens (tertiary/aromatic N) is 4. The molecular formula is C10H18N6O5S. The minimum atomic E-state index is -3.83. The van der Waals surface area contributed by atoms with Gasteiger partial charge in [0.2, 0.25) is 5.82 Å². The van der Waals surface area contributed by atoms with Crippen molar-refractivity contribution >= 4 is 16.0 Å². The number of nitrogens with two attached hydrogens (primary N) is 1. The summed E-state index contributed by atoms with van der Waals surface area (Å²) in [5.41, 5.74) is 0. The summed E-state index contributed by atoms with van der Waals surface area (Å²) in [7, 11) is -3.83. The zero-order chi connectivity index (χ0) is 16.2. The van der Waals surface area contributed by atoms with E-state index in [1.54, 1.807) is 0 Å². The number of nitro groups is 1. The van der Waals surface area contributed by atoms with Crippen LogP contribution >= 0.6 is 0 Å². The van der Waals surface area contributed by atoms with Gasteiger partial charge in [-0.05, 0) is 4.92 Å². The summed E-state index contributed by atoms with van der Waals surface area (Å²) in [5, 5.41) is 15.9. The van der Waals surface area contributed by atoms with E-state index < -0.39 is 15.1 Å². The molecule has 1 aromatic heterocycles. The fourth-order valence-corrected chi connectivity index (χ4v) is 2.55. The molecule has 12 heteroatoms. The van der Waals surface area contributed by atoms with Crippen molar-refractivity contribution in [1.29, 1.82) is 0 Å². The highest BCUT2D eigenvalue weighted by molar-refractivity contribution is 7.87. The maximum atomic E-state index is 11.0. The predicted octanol–water partition coefficient (Wildman–Crippen LogP) is -1.58. The molecule has 0 bridgehead atoms.